The molecule has 4 rings (SSSR count). The van der Waals surface area contributed by atoms with E-state index in [0.29, 0.717) is 68.5 Å². The van der Waals surface area contributed by atoms with Gasteiger partial charge in [-0.3, -0.25) is 80.9 Å². The van der Waals surface area contributed by atoms with Crippen LogP contribution in [0.4, 0.5) is 0 Å². The molecule has 1 heterocycles. The van der Waals surface area contributed by atoms with E-state index < -0.39 is 157 Å². The summed E-state index contributed by atoms with van der Waals surface area (Å²) in [5.74, 6) is -8.96. The van der Waals surface area contributed by atoms with Gasteiger partial charge in [0.25, 0.3) is 11.8 Å². The van der Waals surface area contributed by atoms with Crippen LogP contribution in [0.2, 0.25) is 0 Å². The van der Waals surface area contributed by atoms with E-state index in [1.165, 1.54) is 0 Å². The number of benzene rings is 3. The van der Waals surface area contributed by atoms with E-state index >= 15 is 0 Å². The fourth-order valence-electron chi connectivity index (χ4n) is 10.9. The molecule has 0 radical (unpaired) electrons. The van der Waals surface area contributed by atoms with Crippen LogP contribution < -0.4 is 54.0 Å². The molecular weight excluding hydrogens is 1430 g/mol. The first-order valence-corrected chi connectivity index (χ1v) is 40.4. The molecule has 103 heavy (non-hydrogen) atoms. The summed E-state index contributed by atoms with van der Waals surface area (Å²) in [5.41, 5.74) is 9.79. The van der Waals surface area contributed by atoms with Gasteiger partial charge in [-0.2, -0.15) is 0 Å². The van der Waals surface area contributed by atoms with Gasteiger partial charge in [-0.25, -0.2) is 0 Å². The second-order valence-electron chi connectivity index (χ2n) is 24.9. The van der Waals surface area contributed by atoms with Crippen molar-refractivity contribution >= 4 is 101 Å². The van der Waals surface area contributed by atoms with Gasteiger partial charge in [0, 0.05) is 69.5 Å². The quantitative estimate of drug-likeness (QED) is 0.0122. The molecule has 570 valence electrons. The standard InChI is InChI=1S/C63H94N12O24P4/c64-63(65)69-26-15-19-48-57(82)70-36-55(79)71-51(35-56(80)81)60(85)74-50(34-41-16-5-1-6-17-41)59(84)73-49(58(83)72-48)18-10-13-25-68-53(77)21-8-3-11-23-66-52(76)20-7-2-12-24-67-54(78)22-9-4-14-27-75(61(86)46-30-42(37-100(88,89)90)28-43(31-46)38-101(91,92)93)62(87)47-32-44(39-102(94,95)96)29-45(33-47)40-103(97,98)99/h1,5-6,16-17,28-33,48-51H,2-4,7-15,18-27,34-40H2,(H,66,76)(H,67,78)(H,68,77)(H,70,82)(H,71,79)(H,72,83)(H,73,84)(H,74,85)(H,80,81)(H4,64,65,69)(H2,88,89,90)(H2,91,92,93)(H2,94,95,96)(H2,97,98,99)/t48-,49-,50+,51-/m0/s1. The molecule has 0 aromatic heterocycles. The van der Waals surface area contributed by atoms with E-state index in [0.717, 1.165) is 36.4 Å². The first-order chi connectivity index (χ1) is 48.3. The second kappa shape index (κ2) is 43.2. The zero-order valence-electron chi connectivity index (χ0n) is 56.7. The van der Waals surface area contributed by atoms with Crippen molar-refractivity contribution < 1.29 is 115 Å². The predicted octanol–water partition coefficient (Wildman–Crippen LogP) is 0.720. The van der Waals surface area contributed by atoms with Gasteiger partial charge in [0.15, 0.2) is 5.96 Å². The van der Waals surface area contributed by atoms with Crippen LogP contribution in [0, 0.1) is 0 Å². The molecule has 1 aliphatic rings. The van der Waals surface area contributed by atoms with E-state index in [2.05, 4.69) is 47.5 Å². The minimum absolute atomic E-state index is 0.00643. The third-order valence-electron chi connectivity index (χ3n) is 15.6. The van der Waals surface area contributed by atoms with Crippen LogP contribution in [0.25, 0.3) is 0 Å². The van der Waals surface area contributed by atoms with E-state index in [4.69, 9.17) is 11.5 Å². The summed E-state index contributed by atoms with van der Waals surface area (Å²) in [4.78, 5) is 228. The number of aliphatic carboxylic acids is 1. The van der Waals surface area contributed by atoms with E-state index in [1.807, 2.05) is 0 Å². The minimum Gasteiger partial charge on any atom is -0.481 e. The Morgan fingerprint density at radius 2 is 0.854 bits per heavy atom. The van der Waals surface area contributed by atoms with Crippen molar-refractivity contribution in [2.75, 3.05) is 39.3 Å². The summed E-state index contributed by atoms with van der Waals surface area (Å²) in [6, 6.07) is 9.15. The second-order valence-corrected chi connectivity index (χ2v) is 31.4. The van der Waals surface area contributed by atoms with Crippen LogP contribution >= 0.6 is 30.4 Å². The number of carboxylic acid groups (broad SMARTS) is 1. The molecule has 0 unspecified atom stereocenters. The number of carbonyl (C=O) groups excluding carboxylic acids is 10. The lowest BCUT2D eigenvalue weighted by Crippen LogP contribution is -2.58. The molecule has 3 aromatic carbocycles. The molecule has 1 aliphatic heterocycles. The third kappa shape index (κ3) is 37.3. The number of nitrogens with one attached hydrogen (secondary N) is 8. The van der Waals surface area contributed by atoms with E-state index in [1.54, 1.807) is 30.3 Å². The Morgan fingerprint density at radius 3 is 1.28 bits per heavy atom. The molecule has 36 nitrogen and oxygen atoms in total. The third-order valence-corrected chi connectivity index (χ3v) is 18.7. The number of nitrogens with two attached hydrogens (primary N) is 2. The van der Waals surface area contributed by atoms with Crippen LogP contribution in [-0.4, -0.2) is 184 Å². The van der Waals surface area contributed by atoms with Gasteiger partial charge in [0.1, 0.15) is 24.2 Å². The molecule has 0 bridgehead atoms. The molecule has 1 fully saturated rings. The van der Waals surface area contributed by atoms with Crippen LogP contribution in [0.1, 0.15) is 164 Å². The van der Waals surface area contributed by atoms with Crippen LogP contribution in [-0.2, 0) is 92.5 Å². The molecule has 0 spiro atoms. The van der Waals surface area contributed by atoms with Crippen molar-refractivity contribution in [3.8, 4) is 0 Å². The van der Waals surface area contributed by atoms with Gasteiger partial charge in [0.2, 0.25) is 47.3 Å². The zero-order chi connectivity index (χ0) is 76.5. The summed E-state index contributed by atoms with van der Waals surface area (Å²) in [6.07, 6.45) is 0.371. The molecular formula is C63H94N12O24P4. The summed E-state index contributed by atoms with van der Waals surface area (Å²) in [7, 11) is -19.3. The maximum atomic E-state index is 14.3. The molecule has 0 aliphatic carbocycles. The first kappa shape index (κ1) is 87.3. The van der Waals surface area contributed by atoms with Crippen molar-refractivity contribution in [2.24, 2.45) is 16.5 Å². The smallest absolute Gasteiger partial charge is 0.329 e. The van der Waals surface area contributed by atoms with Crippen molar-refractivity contribution in [1.29, 1.82) is 0 Å². The fraction of sp³-hybridized carbons (Fsp3) is 0.524. The van der Waals surface area contributed by atoms with Crippen molar-refractivity contribution in [3.05, 3.63) is 106 Å². The van der Waals surface area contributed by atoms with Gasteiger partial charge in [-0.1, -0.05) is 61.7 Å². The maximum absolute atomic E-state index is 14.3. The van der Waals surface area contributed by atoms with Gasteiger partial charge in [-0.05, 0) is 123 Å². The Labute approximate surface area is 593 Å². The van der Waals surface area contributed by atoms with Gasteiger partial charge < -0.3 is 98.3 Å². The first-order valence-electron chi connectivity index (χ1n) is 33.2. The lowest BCUT2D eigenvalue weighted by atomic mass is 10.0. The largest absolute Gasteiger partial charge is 0.481 e. The highest BCUT2D eigenvalue weighted by Crippen LogP contribution is 2.44. The zero-order valence-corrected chi connectivity index (χ0v) is 60.2. The summed E-state index contributed by atoms with van der Waals surface area (Å²) in [6.45, 7) is -0.150. The van der Waals surface area contributed by atoms with Gasteiger partial charge in [-0.15, -0.1) is 0 Å². The number of hydrogen-bond donors (Lipinski definition) is 19. The Morgan fingerprint density at radius 1 is 0.466 bits per heavy atom. The Hall–Kier alpha value is -8.10. The average molecular weight is 1530 g/mol. The van der Waals surface area contributed by atoms with Crippen molar-refractivity contribution in [3.63, 3.8) is 0 Å². The molecule has 21 N–H and O–H groups in total. The molecule has 40 heteroatoms. The lowest BCUT2D eigenvalue weighted by Gasteiger charge is -2.26. The number of amides is 10. The molecule has 0 saturated carbocycles. The number of carbonyl (C=O) groups is 11. The van der Waals surface area contributed by atoms with Crippen molar-refractivity contribution in [2.45, 2.75) is 171 Å². The van der Waals surface area contributed by atoms with Gasteiger partial charge >= 0.3 is 36.4 Å². The van der Waals surface area contributed by atoms with Crippen LogP contribution in [0.3, 0.4) is 0 Å². The highest BCUT2D eigenvalue weighted by atomic mass is 31.2. The highest BCUT2D eigenvalue weighted by molar-refractivity contribution is 7.51. The predicted molar refractivity (Wildman–Crippen MR) is 373 cm³/mol. The van der Waals surface area contributed by atoms with E-state index in [9.17, 15) is 115 Å². The minimum atomic E-state index is -4.83. The molecule has 3 aromatic rings. The van der Waals surface area contributed by atoms with E-state index in [-0.39, 0.29) is 130 Å². The Bertz CT molecular complexity index is 3480. The van der Waals surface area contributed by atoms with Gasteiger partial charge in [0.05, 0.1) is 37.6 Å². The molecule has 1 saturated heterocycles. The normalized spacial score (nSPS) is 16.4. The molecule has 10 amide bonds. The summed E-state index contributed by atoms with van der Waals surface area (Å²) >= 11 is 0. The van der Waals surface area contributed by atoms with Crippen molar-refractivity contribution in [1.82, 2.24) is 47.4 Å². The molecule has 4 atom stereocenters. The SMILES string of the molecule is NC(N)=NCCC[C@@H]1NC(=O)[C@H](CCCCNC(=O)CCCCCNC(=O)CCCCCNC(=O)CCCCCN(C(=O)c2cc(CP(=O)(O)O)cc(CP(=O)(O)O)c2)C(=O)c2cc(CP(=O)(O)O)cc(CP(=O)(O)O)c2)NC(=O)[C@@H](Cc2ccccc2)NC(=O)[C@H](CC(=O)O)NC(=O)CNC1=O. The number of hydrogen-bond acceptors (Lipinski definition) is 16. The number of imide groups is 1. The number of nitrogens with zero attached hydrogens (tertiary/aromatic N) is 2. The maximum Gasteiger partial charge on any atom is 0.329 e. The number of guanidine groups is 1. The number of aliphatic imine (C=N–C) groups is 1. The number of carboxylic acids is 1. The lowest BCUT2D eigenvalue weighted by molar-refractivity contribution is -0.141. The van der Waals surface area contributed by atoms with Crippen LogP contribution in [0.5, 0.6) is 0 Å². The Kier molecular flexibility index (Phi) is 36.7. The topological polar surface area (TPSA) is 602 Å². The summed E-state index contributed by atoms with van der Waals surface area (Å²) < 4.78 is 47.8. The van der Waals surface area contributed by atoms with Crippen LogP contribution in [0.15, 0.2) is 71.7 Å². The summed E-state index contributed by atoms with van der Waals surface area (Å²) in [5, 5.41) is 30.5. The number of unbranched alkanes of at least 4 members (excludes halogenated alkanes) is 7. The number of rotatable bonds is 41. The monoisotopic (exact) mass is 1530 g/mol. The fourth-order valence-corrected chi connectivity index (χ4v) is 13.5. The average Bonchev–Trinajstić information content (AvgIpc) is 0.883. The highest BCUT2D eigenvalue weighted by Gasteiger charge is 2.34. The Balaban J connectivity index is 1.21.